The van der Waals surface area contributed by atoms with Crippen molar-refractivity contribution in [2.24, 2.45) is 0 Å². The summed E-state index contributed by atoms with van der Waals surface area (Å²) >= 11 is 6.08. The van der Waals surface area contributed by atoms with Gasteiger partial charge >= 0.3 is 0 Å². The number of carbonyl (C=O) groups is 2. The SMILES string of the molecule is CCC(C)(C)c1ccc(OCC(=O)Nc2ccc(NC(=O)C(C)Oc3ccccc3Cl)cc2)cc1. The van der Waals surface area contributed by atoms with E-state index < -0.39 is 6.10 Å². The lowest BCUT2D eigenvalue weighted by Gasteiger charge is -2.23. The summed E-state index contributed by atoms with van der Waals surface area (Å²) in [5.41, 5.74) is 2.50. The molecule has 0 radical (unpaired) electrons. The van der Waals surface area contributed by atoms with E-state index in [1.54, 1.807) is 55.5 Å². The first kappa shape index (κ1) is 26.1. The first-order valence-electron chi connectivity index (χ1n) is 11.5. The molecule has 0 aromatic heterocycles. The number of halogens is 1. The van der Waals surface area contributed by atoms with Gasteiger partial charge in [0.25, 0.3) is 11.8 Å². The van der Waals surface area contributed by atoms with Crippen molar-refractivity contribution < 1.29 is 19.1 Å². The van der Waals surface area contributed by atoms with Gasteiger partial charge in [-0.1, -0.05) is 56.6 Å². The van der Waals surface area contributed by atoms with E-state index in [1.165, 1.54) is 5.56 Å². The minimum atomic E-state index is -0.742. The van der Waals surface area contributed by atoms with Crippen molar-refractivity contribution in [1.29, 1.82) is 0 Å². The lowest BCUT2D eigenvalue weighted by molar-refractivity contribution is -0.122. The van der Waals surface area contributed by atoms with E-state index in [1.807, 2.05) is 24.3 Å². The van der Waals surface area contributed by atoms with Crippen LogP contribution in [-0.2, 0) is 15.0 Å². The third-order valence-electron chi connectivity index (χ3n) is 5.84. The maximum absolute atomic E-state index is 12.4. The molecule has 0 aliphatic rings. The van der Waals surface area contributed by atoms with Crippen LogP contribution in [-0.4, -0.2) is 24.5 Å². The van der Waals surface area contributed by atoms with E-state index >= 15 is 0 Å². The largest absolute Gasteiger partial charge is 0.484 e. The van der Waals surface area contributed by atoms with Crippen molar-refractivity contribution in [2.45, 2.75) is 45.6 Å². The van der Waals surface area contributed by atoms with Gasteiger partial charge in [-0.2, -0.15) is 0 Å². The van der Waals surface area contributed by atoms with Crippen LogP contribution < -0.4 is 20.1 Å². The standard InChI is InChI=1S/C28H31ClN2O4/c1-5-28(3,4)20-10-16-23(17-11-20)34-18-26(32)30-21-12-14-22(15-13-21)31-27(33)19(2)35-25-9-7-6-8-24(25)29/h6-17,19H,5,18H2,1-4H3,(H,30,32)(H,31,33). The van der Waals surface area contributed by atoms with Crippen molar-refractivity contribution in [1.82, 2.24) is 0 Å². The van der Waals surface area contributed by atoms with Crippen molar-refractivity contribution >= 4 is 34.8 Å². The van der Waals surface area contributed by atoms with Gasteiger partial charge in [0.15, 0.2) is 12.7 Å². The summed E-state index contributed by atoms with van der Waals surface area (Å²) in [5, 5.41) is 6.01. The Labute approximate surface area is 211 Å². The predicted molar refractivity (Wildman–Crippen MR) is 140 cm³/mol. The van der Waals surface area contributed by atoms with E-state index in [9.17, 15) is 9.59 Å². The van der Waals surface area contributed by atoms with E-state index in [2.05, 4.69) is 31.4 Å². The van der Waals surface area contributed by atoms with Crippen LogP contribution in [0.5, 0.6) is 11.5 Å². The minimum Gasteiger partial charge on any atom is -0.484 e. The normalized spacial score (nSPS) is 11.9. The van der Waals surface area contributed by atoms with Crippen molar-refractivity contribution in [3.8, 4) is 11.5 Å². The highest BCUT2D eigenvalue weighted by Crippen LogP contribution is 2.28. The molecule has 7 heteroatoms. The van der Waals surface area contributed by atoms with Crippen LogP contribution >= 0.6 is 11.6 Å². The summed E-state index contributed by atoms with van der Waals surface area (Å²) in [5.74, 6) is 0.491. The maximum atomic E-state index is 12.4. The van der Waals surface area contributed by atoms with Gasteiger partial charge in [-0.3, -0.25) is 9.59 Å². The number of para-hydroxylation sites is 1. The number of hydrogen-bond donors (Lipinski definition) is 2. The number of rotatable bonds is 10. The number of carbonyl (C=O) groups excluding carboxylic acids is 2. The van der Waals surface area contributed by atoms with E-state index in [0.717, 1.165) is 6.42 Å². The molecule has 0 heterocycles. The summed E-state index contributed by atoms with van der Waals surface area (Å²) in [6, 6.07) is 21.6. The van der Waals surface area contributed by atoms with Crippen LogP contribution in [0.1, 0.15) is 39.7 Å². The molecule has 0 saturated carbocycles. The zero-order valence-electron chi connectivity index (χ0n) is 20.4. The van der Waals surface area contributed by atoms with E-state index in [0.29, 0.717) is 27.9 Å². The van der Waals surface area contributed by atoms with Gasteiger partial charge in [0.1, 0.15) is 11.5 Å². The summed E-state index contributed by atoms with van der Waals surface area (Å²) < 4.78 is 11.2. The van der Waals surface area contributed by atoms with Crippen molar-refractivity contribution in [3.05, 3.63) is 83.4 Å². The molecule has 0 aliphatic carbocycles. The molecule has 35 heavy (non-hydrogen) atoms. The third-order valence-corrected chi connectivity index (χ3v) is 6.15. The Kier molecular flexibility index (Phi) is 8.77. The molecular weight excluding hydrogens is 464 g/mol. The molecule has 2 N–H and O–H groups in total. The molecule has 3 aromatic rings. The number of ether oxygens (including phenoxy) is 2. The highest BCUT2D eigenvalue weighted by atomic mass is 35.5. The number of nitrogens with one attached hydrogen (secondary N) is 2. The Morgan fingerprint density at radius 3 is 2.11 bits per heavy atom. The zero-order chi connectivity index (χ0) is 25.4. The average molecular weight is 495 g/mol. The molecule has 3 rings (SSSR count). The molecule has 0 aliphatic heterocycles. The van der Waals surface area contributed by atoms with Crippen molar-refractivity contribution in [2.75, 3.05) is 17.2 Å². The highest BCUT2D eigenvalue weighted by molar-refractivity contribution is 6.32. The summed E-state index contributed by atoms with van der Waals surface area (Å²) in [7, 11) is 0. The second-order valence-electron chi connectivity index (χ2n) is 8.86. The van der Waals surface area contributed by atoms with Gasteiger partial charge in [-0.15, -0.1) is 0 Å². The number of hydrogen-bond acceptors (Lipinski definition) is 4. The molecule has 3 aromatic carbocycles. The third kappa shape index (κ3) is 7.49. The van der Waals surface area contributed by atoms with Gasteiger partial charge < -0.3 is 20.1 Å². The van der Waals surface area contributed by atoms with Crippen molar-refractivity contribution in [3.63, 3.8) is 0 Å². The van der Waals surface area contributed by atoms with Crippen LogP contribution in [0.2, 0.25) is 5.02 Å². The fourth-order valence-corrected chi connectivity index (χ4v) is 3.40. The number of benzene rings is 3. The van der Waals surface area contributed by atoms with Gasteiger partial charge in [0, 0.05) is 11.4 Å². The Bertz CT molecular complexity index is 1140. The quantitative estimate of drug-likeness (QED) is 0.339. The van der Waals surface area contributed by atoms with E-state index in [-0.39, 0.29) is 23.8 Å². The molecule has 0 saturated heterocycles. The molecule has 184 valence electrons. The Morgan fingerprint density at radius 1 is 0.914 bits per heavy atom. The lowest BCUT2D eigenvalue weighted by Crippen LogP contribution is -2.30. The van der Waals surface area contributed by atoms with E-state index in [4.69, 9.17) is 21.1 Å². The van der Waals surface area contributed by atoms with Crippen LogP contribution in [0.3, 0.4) is 0 Å². The second-order valence-corrected chi connectivity index (χ2v) is 9.26. The Balaban J connectivity index is 1.46. The summed E-state index contributed by atoms with van der Waals surface area (Å²) in [6.45, 7) is 8.09. The number of anilines is 2. The Hall–Kier alpha value is -3.51. The summed E-state index contributed by atoms with van der Waals surface area (Å²) in [6.07, 6.45) is 0.293. The first-order valence-corrected chi connectivity index (χ1v) is 11.9. The molecule has 6 nitrogen and oxygen atoms in total. The van der Waals surface area contributed by atoms with Gasteiger partial charge in [-0.25, -0.2) is 0 Å². The van der Waals surface area contributed by atoms with Gasteiger partial charge in [-0.05, 0) is 72.9 Å². The number of amides is 2. The first-order chi connectivity index (χ1) is 16.7. The predicted octanol–water partition coefficient (Wildman–Crippen LogP) is 6.45. The van der Waals surface area contributed by atoms with Crippen LogP contribution in [0, 0.1) is 0 Å². The topological polar surface area (TPSA) is 76.7 Å². The fraction of sp³-hybridized carbons (Fsp3) is 0.286. The monoisotopic (exact) mass is 494 g/mol. The molecule has 0 spiro atoms. The van der Waals surface area contributed by atoms with Crippen LogP contribution in [0.25, 0.3) is 0 Å². The molecule has 1 unspecified atom stereocenters. The molecule has 0 bridgehead atoms. The second kappa shape index (κ2) is 11.8. The fourth-order valence-electron chi connectivity index (χ4n) is 3.22. The van der Waals surface area contributed by atoms with Gasteiger partial charge in [0.05, 0.1) is 5.02 Å². The maximum Gasteiger partial charge on any atom is 0.265 e. The molecule has 0 fully saturated rings. The Morgan fingerprint density at radius 2 is 1.51 bits per heavy atom. The lowest BCUT2D eigenvalue weighted by atomic mass is 9.82. The summed E-state index contributed by atoms with van der Waals surface area (Å²) in [4.78, 5) is 24.7. The van der Waals surface area contributed by atoms with Crippen LogP contribution in [0.4, 0.5) is 11.4 Å². The highest BCUT2D eigenvalue weighted by Gasteiger charge is 2.18. The minimum absolute atomic E-state index is 0.0994. The van der Waals surface area contributed by atoms with Crippen LogP contribution in [0.15, 0.2) is 72.8 Å². The smallest absolute Gasteiger partial charge is 0.265 e. The zero-order valence-corrected chi connectivity index (χ0v) is 21.2. The molecule has 2 amide bonds. The molecular formula is C28H31ClN2O4. The van der Waals surface area contributed by atoms with Gasteiger partial charge in [0.2, 0.25) is 0 Å². The molecule has 1 atom stereocenters. The average Bonchev–Trinajstić information content (AvgIpc) is 2.85.